The maximum absolute atomic E-state index is 12.1. The van der Waals surface area contributed by atoms with Gasteiger partial charge in [-0.25, -0.2) is 5.43 Å². The van der Waals surface area contributed by atoms with Crippen molar-refractivity contribution in [3.8, 4) is 0 Å². The van der Waals surface area contributed by atoms with Gasteiger partial charge in [-0.05, 0) is 30.4 Å². The fraction of sp³-hybridized carbons (Fsp3) is 0.263. The Bertz CT molecular complexity index is 799. The molecule has 0 heterocycles. The molecule has 0 spiro atoms. The maximum Gasteiger partial charge on any atom is 0.271 e. The topological polar surface area (TPSA) is 84.6 Å². The van der Waals surface area contributed by atoms with Crippen LogP contribution >= 0.6 is 0 Å². The van der Waals surface area contributed by atoms with Gasteiger partial charge in [0.25, 0.3) is 11.6 Å². The molecule has 130 valence electrons. The van der Waals surface area contributed by atoms with Gasteiger partial charge in [0, 0.05) is 23.4 Å². The number of nitrogens with one attached hydrogen (secondary N) is 1. The Morgan fingerprint density at radius 1 is 1.16 bits per heavy atom. The summed E-state index contributed by atoms with van der Waals surface area (Å²) >= 11 is 0. The number of nitro benzene ring substituents is 1. The van der Waals surface area contributed by atoms with E-state index in [1.807, 2.05) is 25.1 Å². The molecule has 6 nitrogen and oxygen atoms in total. The first-order valence-electron chi connectivity index (χ1n) is 7.93. The highest BCUT2D eigenvalue weighted by Gasteiger charge is 2.21. The quantitative estimate of drug-likeness (QED) is 0.489. The number of rotatable bonds is 6. The van der Waals surface area contributed by atoms with Crippen molar-refractivity contribution in [1.29, 1.82) is 0 Å². The summed E-state index contributed by atoms with van der Waals surface area (Å²) in [6, 6.07) is 15.6. The van der Waals surface area contributed by atoms with Crippen LogP contribution in [0, 0.1) is 10.1 Å². The van der Waals surface area contributed by atoms with E-state index in [2.05, 4.69) is 36.5 Å². The minimum Gasteiger partial charge on any atom is -0.267 e. The van der Waals surface area contributed by atoms with Crippen LogP contribution in [0.4, 0.5) is 5.69 Å². The minimum atomic E-state index is -0.534. The third kappa shape index (κ3) is 4.97. The molecule has 0 saturated heterocycles. The molecule has 0 atom stereocenters. The molecule has 25 heavy (non-hydrogen) atoms. The van der Waals surface area contributed by atoms with Crippen molar-refractivity contribution >= 4 is 17.3 Å². The van der Waals surface area contributed by atoms with E-state index in [4.69, 9.17) is 0 Å². The van der Waals surface area contributed by atoms with Crippen molar-refractivity contribution in [2.75, 3.05) is 0 Å². The van der Waals surface area contributed by atoms with Crippen LogP contribution in [0.3, 0.4) is 0 Å². The Hall–Kier alpha value is -3.02. The lowest BCUT2D eigenvalue weighted by atomic mass is 9.80. The first-order valence-corrected chi connectivity index (χ1v) is 7.93. The van der Waals surface area contributed by atoms with Crippen molar-refractivity contribution in [3.05, 3.63) is 75.8 Å². The predicted octanol–water partition coefficient (Wildman–Crippen LogP) is 4.07. The number of carbonyl (C=O) groups is 1. The lowest BCUT2D eigenvalue weighted by Crippen LogP contribution is -2.24. The first kappa shape index (κ1) is 18.3. The van der Waals surface area contributed by atoms with Crippen LogP contribution in [0.5, 0.6) is 0 Å². The van der Waals surface area contributed by atoms with Gasteiger partial charge in [0.15, 0.2) is 0 Å². The van der Waals surface area contributed by atoms with E-state index in [1.54, 1.807) is 0 Å². The Balaban J connectivity index is 2.04. The Labute approximate surface area is 146 Å². The third-order valence-corrected chi connectivity index (χ3v) is 3.92. The molecule has 2 aromatic carbocycles. The fourth-order valence-corrected chi connectivity index (χ4v) is 2.64. The number of benzene rings is 2. The summed E-state index contributed by atoms with van der Waals surface area (Å²) < 4.78 is 0. The molecular weight excluding hydrogens is 318 g/mol. The Morgan fingerprint density at radius 3 is 2.48 bits per heavy atom. The summed E-state index contributed by atoms with van der Waals surface area (Å²) in [5.41, 5.74) is 4.38. The first-order chi connectivity index (χ1) is 11.8. The van der Waals surface area contributed by atoms with Gasteiger partial charge < -0.3 is 0 Å². The van der Waals surface area contributed by atoms with Gasteiger partial charge in [-0.1, -0.05) is 50.2 Å². The molecule has 0 aliphatic rings. The standard InChI is InChI=1S/C19H21N3O3/c1-14(13-19(2,3)16-9-5-4-6-10-16)20-21-18(23)15-8-7-11-17(12-15)22(24)25/h4-12H,13H2,1-3H3,(H,21,23). The monoisotopic (exact) mass is 339 g/mol. The molecule has 0 radical (unpaired) electrons. The predicted molar refractivity (Wildman–Crippen MR) is 97.8 cm³/mol. The highest BCUT2D eigenvalue weighted by Crippen LogP contribution is 2.27. The van der Waals surface area contributed by atoms with Gasteiger partial charge in [-0.3, -0.25) is 14.9 Å². The summed E-state index contributed by atoms with van der Waals surface area (Å²) in [5.74, 6) is -0.472. The zero-order valence-electron chi connectivity index (χ0n) is 14.5. The molecule has 6 heteroatoms. The van der Waals surface area contributed by atoms with Crippen LogP contribution in [-0.2, 0) is 5.41 Å². The summed E-state index contributed by atoms with van der Waals surface area (Å²) in [6.07, 6.45) is 0.673. The second kappa shape index (κ2) is 7.70. The van der Waals surface area contributed by atoms with Crippen molar-refractivity contribution in [1.82, 2.24) is 5.43 Å². The van der Waals surface area contributed by atoms with Gasteiger partial charge in [0.05, 0.1) is 4.92 Å². The number of nitrogens with zero attached hydrogens (tertiary/aromatic N) is 2. The number of carbonyl (C=O) groups excluding carboxylic acids is 1. The van der Waals surface area contributed by atoms with Crippen molar-refractivity contribution in [2.24, 2.45) is 5.10 Å². The van der Waals surface area contributed by atoms with Crippen molar-refractivity contribution in [2.45, 2.75) is 32.6 Å². The highest BCUT2D eigenvalue weighted by atomic mass is 16.6. The lowest BCUT2D eigenvalue weighted by molar-refractivity contribution is -0.384. The smallest absolute Gasteiger partial charge is 0.267 e. The summed E-state index contributed by atoms with van der Waals surface area (Å²) in [7, 11) is 0. The van der Waals surface area contributed by atoms with Crippen LogP contribution in [0.2, 0.25) is 0 Å². The molecule has 1 N–H and O–H groups in total. The molecule has 0 aliphatic heterocycles. The number of nitro groups is 1. The highest BCUT2D eigenvalue weighted by molar-refractivity contribution is 5.95. The molecule has 1 amide bonds. The molecule has 0 saturated carbocycles. The Kier molecular flexibility index (Phi) is 5.64. The van der Waals surface area contributed by atoms with E-state index in [-0.39, 0.29) is 16.7 Å². The number of hydrogen-bond donors (Lipinski definition) is 1. The average Bonchev–Trinajstić information content (AvgIpc) is 2.60. The van der Waals surface area contributed by atoms with Crippen LogP contribution in [0.15, 0.2) is 59.7 Å². The summed E-state index contributed by atoms with van der Waals surface area (Å²) in [5, 5.41) is 14.9. The minimum absolute atomic E-state index is 0.120. The Morgan fingerprint density at radius 2 is 1.84 bits per heavy atom. The van der Waals surface area contributed by atoms with Gasteiger partial charge in [0.1, 0.15) is 0 Å². The lowest BCUT2D eigenvalue weighted by Gasteiger charge is -2.25. The molecule has 0 bridgehead atoms. The van der Waals surface area contributed by atoms with Crippen LogP contribution in [0.1, 0.15) is 43.1 Å². The molecule has 0 unspecified atom stereocenters. The zero-order chi connectivity index (χ0) is 18.4. The van der Waals surface area contributed by atoms with Gasteiger partial charge in [-0.15, -0.1) is 0 Å². The SMILES string of the molecule is CC(CC(C)(C)c1ccccc1)=NNC(=O)c1cccc([N+](=O)[O-])c1. The van der Waals surface area contributed by atoms with E-state index < -0.39 is 10.8 Å². The average molecular weight is 339 g/mol. The molecular formula is C19H21N3O3. The summed E-state index contributed by atoms with van der Waals surface area (Å²) in [4.78, 5) is 22.4. The molecule has 2 aromatic rings. The number of non-ortho nitro benzene ring substituents is 1. The molecule has 0 aliphatic carbocycles. The largest absolute Gasteiger partial charge is 0.271 e. The maximum atomic E-state index is 12.1. The number of hydrazone groups is 1. The second-order valence-electron chi connectivity index (χ2n) is 6.52. The van der Waals surface area contributed by atoms with Gasteiger partial charge in [-0.2, -0.15) is 5.10 Å². The van der Waals surface area contributed by atoms with Gasteiger partial charge in [0.2, 0.25) is 0 Å². The van der Waals surface area contributed by atoms with Crippen LogP contribution in [0.25, 0.3) is 0 Å². The number of hydrogen-bond acceptors (Lipinski definition) is 4. The summed E-state index contributed by atoms with van der Waals surface area (Å²) in [6.45, 7) is 6.08. The fourth-order valence-electron chi connectivity index (χ4n) is 2.64. The second-order valence-corrected chi connectivity index (χ2v) is 6.52. The van der Waals surface area contributed by atoms with Crippen molar-refractivity contribution < 1.29 is 9.72 Å². The number of amides is 1. The molecule has 0 fully saturated rings. The van der Waals surface area contributed by atoms with E-state index >= 15 is 0 Å². The zero-order valence-corrected chi connectivity index (χ0v) is 14.5. The van der Waals surface area contributed by atoms with Crippen LogP contribution < -0.4 is 5.43 Å². The molecule has 0 aromatic heterocycles. The molecule has 2 rings (SSSR count). The van der Waals surface area contributed by atoms with E-state index in [9.17, 15) is 14.9 Å². The normalized spacial score (nSPS) is 11.9. The van der Waals surface area contributed by atoms with Crippen LogP contribution in [-0.4, -0.2) is 16.5 Å². The van der Waals surface area contributed by atoms with E-state index in [0.717, 1.165) is 5.71 Å². The third-order valence-electron chi connectivity index (χ3n) is 3.92. The van der Waals surface area contributed by atoms with Gasteiger partial charge >= 0.3 is 0 Å². The van der Waals surface area contributed by atoms with E-state index in [0.29, 0.717) is 6.42 Å². The van der Waals surface area contributed by atoms with E-state index in [1.165, 1.54) is 29.8 Å². The van der Waals surface area contributed by atoms with Crippen molar-refractivity contribution in [3.63, 3.8) is 0 Å².